The minimum atomic E-state index is -0.257. The van der Waals surface area contributed by atoms with Crippen molar-refractivity contribution in [2.45, 2.75) is 6.54 Å². The van der Waals surface area contributed by atoms with Gasteiger partial charge in [0.05, 0.1) is 19.9 Å². The average Bonchev–Trinajstić information content (AvgIpc) is 3.24. The van der Waals surface area contributed by atoms with E-state index in [2.05, 4.69) is 15.2 Å². The molecule has 146 valence electrons. The number of benzene rings is 2. The molecular weight excluding hydrogens is 372 g/mol. The van der Waals surface area contributed by atoms with E-state index < -0.39 is 0 Å². The van der Waals surface area contributed by atoms with E-state index in [-0.39, 0.29) is 18.0 Å². The molecule has 2 aromatic heterocycles. The van der Waals surface area contributed by atoms with Gasteiger partial charge in [0, 0.05) is 23.3 Å². The highest BCUT2D eigenvalue weighted by Gasteiger charge is 2.13. The van der Waals surface area contributed by atoms with Gasteiger partial charge in [0.15, 0.2) is 0 Å². The topological polar surface area (TPSA) is 92.3 Å². The van der Waals surface area contributed by atoms with Gasteiger partial charge >= 0.3 is 0 Å². The molecule has 0 fully saturated rings. The van der Waals surface area contributed by atoms with Crippen molar-refractivity contribution in [1.29, 1.82) is 0 Å². The third kappa shape index (κ3) is 4.01. The Balaban J connectivity index is 1.63. The summed E-state index contributed by atoms with van der Waals surface area (Å²) in [4.78, 5) is 16.6. The van der Waals surface area contributed by atoms with Crippen molar-refractivity contribution in [3.8, 4) is 34.1 Å². The number of ether oxygens (including phenoxy) is 2. The van der Waals surface area contributed by atoms with Crippen LogP contribution < -0.4 is 15.0 Å². The fourth-order valence-corrected chi connectivity index (χ4v) is 2.83. The number of nitrogens with zero attached hydrogens (tertiary/aromatic N) is 4. The fraction of sp³-hybridized carbons (Fsp3) is 0.143. The summed E-state index contributed by atoms with van der Waals surface area (Å²) in [6.45, 7) is 0.0631. The quantitative estimate of drug-likeness (QED) is 0.500. The van der Waals surface area contributed by atoms with Crippen LogP contribution in [0.1, 0.15) is 5.89 Å². The Kier molecular flexibility index (Phi) is 5.07. The molecule has 0 saturated carbocycles. The predicted molar refractivity (Wildman–Crippen MR) is 106 cm³/mol. The Morgan fingerprint density at radius 3 is 2.34 bits per heavy atom. The molecule has 29 heavy (non-hydrogen) atoms. The summed E-state index contributed by atoms with van der Waals surface area (Å²) < 4.78 is 17.2. The zero-order chi connectivity index (χ0) is 20.2. The van der Waals surface area contributed by atoms with Gasteiger partial charge in [-0.3, -0.25) is 4.79 Å². The van der Waals surface area contributed by atoms with Crippen molar-refractivity contribution in [2.24, 2.45) is 0 Å². The third-order valence-corrected chi connectivity index (χ3v) is 4.30. The smallest absolute Gasteiger partial charge is 0.267 e. The second kappa shape index (κ2) is 7.97. The summed E-state index contributed by atoms with van der Waals surface area (Å²) in [6, 6.07) is 18.1. The van der Waals surface area contributed by atoms with Crippen LogP contribution in [0.3, 0.4) is 0 Å². The molecule has 0 N–H and O–H groups in total. The number of hydrogen-bond acceptors (Lipinski definition) is 7. The maximum Gasteiger partial charge on any atom is 0.267 e. The lowest BCUT2D eigenvalue weighted by molar-refractivity contribution is 0.363. The van der Waals surface area contributed by atoms with Crippen LogP contribution in [0.15, 0.2) is 70.0 Å². The van der Waals surface area contributed by atoms with Crippen LogP contribution in [0.4, 0.5) is 0 Å². The van der Waals surface area contributed by atoms with Gasteiger partial charge < -0.3 is 14.0 Å². The van der Waals surface area contributed by atoms with Gasteiger partial charge in [-0.25, -0.2) is 4.68 Å². The van der Waals surface area contributed by atoms with E-state index in [1.807, 2.05) is 30.3 Å². The van der Waals surface area contributed by atoms with Crippen LogP contribution >= 0.6 is 0 Å². The Morgan fingerprint density at radius 2 is 1.66 bits per heavy atom. The van der Waals surface area contributed by atoms with Crippen molar-refractivity contribution in [3.05, 3.63) is 76.9 Å². The predicted octanol–water partition coefficient (Wildman–Crippen LogP) is 3.03. The van der Waals surface area contributed by atoms with Gasteiger partial charge in [0.25, 0.3) is 5.56 Å². The van der Waals surface area contributed by atoms with Gasteiger partial charge in [0.2, 0.25) is 11.7 Å². The van der Waals surface area contributed by atoms with E-state index in [4.69, 9.17) is 14.0 Å². The van der Waals surface area contributed by atoms with Crippen molar-refractivity contribution < 1.29 is 14.0 Å². The maximum atomic E-state index is 12.2. The molecule has 0 aliphatic rings. The largest absolute Gasteiger partial charge is 0.497 e. The standard InChI is InChI=1S/C21H18N4O4/c1-27-16-10-15(11-17(12-16)28-2)21-22-19(29-24-21)13-25-20(26)9-8-18(23-25)14-6-4-3-5-7-14/h3-12H,13H2,1-2H3. The highest BCUT2D eigenvalue weighted by atomic mass is 16.5. The first-order valence-electron chi connectivity index (χ1n) is 8.86. The highest BCUT2D eigenvalue weighted by Crippen LogP contribution is 2.28. The summed E-state index contributed by atoms with van der Waals surface area (Å²) in [5.41, 5.74) is 2.01. The van der Waals surface area contributed by atoms with Crippen LogP contribution in [0, 0.1) is 0 Å². The molecule has 2 heterocycles. The highest BCUT2D eigenvalue weighted by molar-refractivity contribution is 5.60. The zero-order valence-corrected chi connectivity index (χ0v) is 15.9. The molecule has 0 unspecified atom stereocenters. The van der Waals surface area contributed by atoms with Crippen LogP contribution in [0.5, 0.6) is 11.5 Å². The van der Waals surface area contributed by atoms with Crippen LogP contribution in [0.25, 0.3) is 22.6 Å². The van der Waals surface area contributed by atoms with Crippen molar-refractivity contribution in [1.82, 2.24) is 19.9 Å². The molecule has 4 rings (SSSR count). The second-order valence-corrected chi connectivity index (χ2v) is 6.19. The first kappa shape index (κ1) is 18.4. The first-order chi connectivity index (χ1) is 14.2. The summed E-state index contributed by atoms with van der Waals surface area (Å²) in [5, 5.41) is 8.41. The molecular formula is C21H18N4O4. The number of rotatable bonds is 6. The SMILES string of the molecule is COc1cc(OC)cc(-c2noc(Cn3nc(-c4ccccc4)ccc3=O)n2)c1. The van der Waals surface area contributed by atoms with Gasteiger partial charge in [0.1, 0.15) is 18.0 Å². The van der Waals surface area contributed by atoms with Gasteiger partial charge in [-0.05, 0) is 18.2 Å². The van der Waals surface area contributed by atoms with Crippen molar-refractivity contribution in [2.75, 3.05) is 14.2 Å². The van der Waals surface area contributed by atoms with E-state index in [9.17, 15) is 4.79 Å². The third-order valence-electron chi connectivity index (χ3n) is 4.30. The lowest BCUT2D eigenvalue weighted by Crippen LogP contribution is -2.23. The van der Waals surface area contributed by atoms with Crippen molar-refractivity contribution >= 4 is 0 Å². The van der Waals surface area contributed by atoms with Crippen molar-refractivity contribution in [3.63, 3.8) is 0 Å². The summed E-state index contributed by atoms with van der Waals surface area (Å²) in [5.74, 6) is 1.85. The average molecular weight is 390 g/mol. The number of aromatic nitrogens is 4. The summed E-state index contributed by atoms with van der Waals surface area (Å²) in [7, 11) is 3.13. The first-order valence-corrected chi connectivity index (χ1v) is 8.86. The second-order valence-electron chi connectivity index (χ2n) is 6.19. The van der Waals surface area contributed by atoms with Crippen LogP contribution in [-0.2, 0) is 6.54 Å². The molecule has 0 spiro atoms. The van der Waals surface area contributed by atoms with Crippen LogP contribution in [-0.4, -0.2) is 34.1 Å². The lowest BCUT2D eigenvalue weighted by Gasteiger charge is -2.06. The van der Waals surface area contributed by atoms with E-state index in [0.717, 1.165) is 5.56 Å². The fourth-order valence-electron chi connectivity index (χ4n) is 2.83. The molecule has 0 saturated heterocycles. The molecule has 0 radical (unpaired) electrons. The molecule has 0 bridgehead atoms. The Hall–Kier alpha value is -3.94. The lowest BCUT2D eigenvalue weighted by atomic mass is 10.1. The van der Waals surface area contributed by atoms with Gasteiger partial charge in [-0.1, -0.05) is 35.5 Å². The Bertz CT molecular complexity index is 1160. The molecule has 0 atom stereocenters. The molecule has 0 aliphatic carbocycles. The van der Waals surface area contributed by atoms with Gasteiger partial charge in [-0.15, -0.1) is 0 Å². The molecule has 0 amide bonds. The summed E-state index contributed by atoms with van der Waals surface area (Å²) in [6.07, 6.45) is 0. The molecule has 8 heteroatoms. The number of hydrogen-bond donors (Lipinski definition) is 0. The van der Waals surface area contributed by atoms with Gasteiger partial charge in [-0.2, -0.15) is 10.1 Å². The molecule has 8 nitrogen and oxygen atoms in total. The minimum absolute atomic E-state index is 0.0631. The normalized spacial score (nSPS) is 10.7. The molecule has 2 aromatic carbocycles. The van der Waals surface area contributed by atoms with E-state index in [1.54, 1.807) is 38.5 Å². The van der Waals surface area contributed by atoms with E-state index in [0.29, 0.717) is 28.6 Å². The Labute approximate surface area is 166 Å². The Morgan fingerprint density at radius 1 is 0.931 bits per heavy atom. The van der Waals surface area contributed by atoms with E-state index >= 15 is 0 Å². The monoisotopic (exact) mass is 390 g/mol. The zero-order valence-electron chi connectivity index (χ0n) is 15.9. The molecule has 4 aromatic rings. The molecule has 0 aliphatic heterocycles. The van der Waals surface area contributed by atoms with E-state index in [1.165, 1.54) is 10.7 Å². The maximum absolute atomic E-state index is 12.2. The summed E-state index contributed by atoms with van der Waals surface area (Å²) >= 11 is 0. The van der Waals surface area contributed by atoms with Crippen LogP contribution in [0.2, 0.25) is 0 Å². The number of methoxy groups -OCH3 is 2. The minimum Gasteiger partial charge on any atom is -0.497 e.